The number of aromatic nitrogens is 2. The van der Waals surface area contributed by atoms with Crippen LogP contribution in [0.4, 0.5) is 5.69 Å². The second-order valence-corrected chi connectivity index (χ2v) is 8.44. The van der Waals surface area contributed by atoms with Crippen LogP contribution in [-0.2, 0) is 6.54 Å². The molecule has 0 unspecified atom stereocenters. The number of rotatable bonds is 4. The highest BCUT2D eigenvalue weighted by Gasteiger charge is 2.26. The molecule has 0 radical (unpaired) electrons. The molecule has 4 heterocycles. The lowest BCUT2D eigenvalue weighted by Crippen LogP contribution is -2.33. The van der Waals surface area contributed by atoms with Crippen molar-refractivity contribution in [1.29, 1.82) is 0 Å². The number of anilines is 1. The molecule has 0 saturated carbocycles. The lowest BCUT2D eigenvalue weighted by atomic mass is 9.98. The summed E-state index contributed by atoms with van der Waals surface area (Å²) < 4.78 is 0. The Bertz CT molecular complexity index is 985. The van der Waals surface area contributed by atoms with Crippen molar-refractivity contribution < 1.29 is 4.79 Å². The quantitative estimate of drug-likeness (QED) is 0.729. The van der Waals surface area contributed by atoms with Crippen LogP contribution >= 0.6 is 11.3 Å². The number of hydrogen-bond acceptors (Lipinski definition) is 6. The number of nitrogens with zero attached hydrogens (tertiary/aromatic N) is 4. The molecule has 1 aliphatic rings. The van der Waals surface area contributed by atoms with Crippen molar-refractivity contribution in [1.82, 2.24) is 19.8 Å². The average molecular weight is 396 g/mol. The third-order valence-corrected chi connectivity index (χ3v) is 6.37. The molecule has 1 fully saturated rings. The Morgan fingerprint density at radius 1 is 1.29 bits per heavy atom. The van der Waals surface area contributed by atoms with Crippen molar-refractivity contribution in [3.8, 4) is 0 Å². The molecular weight excluding hydrogens is 370 g/mol. The maximum atomic E-state index is 12.4. The lowest BCUT2D eigenvalue weighted by Gasteiger charge is -2.35. The molecule has 3 aromatic heterocycles. The van der Waals surface area contributed by atoms with Gasteiger partial charge in [0.15, 0.2) is 0 Å². The Balaban J connectivity index is 1.65. The van der Waals surface area contributed by atoms with Gasteiger partial charge in [0.25, 0.3) is 5.91 Å². The van der Waals surface area contributed by atoms with E-state index in [1.54, 1.807) is 19.0 Å². The predicted octanol–water partition coefficient (Wildman–Crippen LogP) is 3.70. The summed E-state index contributed by atoms with van der Waals surface area (Å²) in [6, 6.07) is 10.4. The summed E-state index contributed by atoms with van der Waals surface area (Å²) in [7, 11) is 3.48. The Labute approximate surface area is 169 Å². The number of carbonyl (C=O) groups is 1. The van der Waals surface area contributed by atoms with Crippen molar-refractivity contribution >= 4 is 33.1 Å². The maximum absolute atomic E-state index is 12.4. The highest BCUT2D eigenvalue weighted by molar-refractivity contribution is 7.21. The predicted molar refractivity (Wildman–Crippen MR) is 113 cm³/mol. The van der Waals surface area contributed by atoms with Crippen molar-refractivity contribution in [2.24, 2.45) is 0 Å². The van der Waals surface area contributed by atoms with Crippen LogP contribution in [0, 0.1) is 0 Å². The monoisotopic (exact) mass is 395 g/mol. The van der Waals surface area contributed by atoms with Gasteiger partial charge >= 0.3 is 0 Å². The van der Waals surface area contributed by atoms with E-state index in [9.17, 15) is 4.79 Å². The van der Waals surface area contributed by atoms with E-state index in [0.717, 1.165) is 41.1 Å². The molecule has 1 aliphatic heterocycles. The molecule has 0 spiro atoms. The minimum absolute atomic E-state index is 0.0727. The van der Waals surface area contributed by atoms with E-state index in [1.807, 2.05) is 24.4 Å². The van der Waals surface area contributed by atoms with E-state index in [2.05, 4.69) is 22.0 Å². The summed E-state index contributed by atoms with van der Waals surface area (Å²) in [5.74, 6) is -0.0727. The molecule has 146 valence electrons. The van der Waals surface area contributed by atoms with Gasteiger partial charge in [-0.15, -0.1) is 11.3 Å². The van der Waals surface area contributed by atoms with Gasteiger partial charge in [-0.3, -0.25) is 14.7 Å². The van der Waals surface area contributed by atoms with Gasteiger partial charge in [0.1, 0.15) is 9.71 Å². The van der Waals surface area contributed by atoms with Crippen LogP contribution in [0.25, 0.3) is 10.2 Å². The van der Waals surface area contributed by atoms with Crippen LogP contribution in [-0.4, -0.2) is 46.3 Å². The van der Waals surface area contributed by atoms with Gasteiger partial charge in [0, 0.05) is 32.2 Å². The molecule has 28 heavy (non-hydrogen) atoms. The molecule has 4 rings (SSSR count). The van der Waals surface area contributed by atoms with Crippen LogP contribution in [0.2, 0.25) is 0 Å². The summed E-state index contributed by atoms with van der Waals surface area (Å²) in [6.45, 7) is 1.86. The third-order valence-electron chi connectivity index (χ3n) is 5.26. The van der Waals surface area contributed by atoms with E-state index in [-0.39, 0.29) is 11.9 Å². The largest absolute Gasteiger partial charge is 0.397 e. The molecule has 3 aromatic rings. The number of nitrogens with two attached hydrogens (primary N) is 1. The first-order chi connectivity index (χ1) is 13.5. The minimum atomic E-state index is -0.0727. The molecule has 1 amide bonds. The number of thiophene rings is 1. The highest BCUT2D eigenvalue weighted by Crippen LogP contribution is 2.36. The Kier molecular flexibility index (Phi) is 5.28. The van der Waals surface area contributed by atoms with Crippen LogP contribution in [0.3, 0.4) is 0 Å². The average Bonchev–Trinajstić information content (AvgIpc) is 3.04. The molecule has 2 N–H and O–H groups in total. The van der Waals surface area contributed by atoms with E-state index in [4.69, 9.17) is 10.7 Å². The second kappa shape index (κ2) is 7.85. The number of pyridine rings is 2. The molecule has 0 bridgehead atoms. The van der Waals surface area contributed by atoms with Gasteiger partial charge in [0.05, 0.1) is 23.1 Å². The van der Waals surface area contributed by atoms with Gasteiger partial charge in [-0.25, -0.2) is 4.98 Å². The first kappa shape index (κ1) is 18.8. The Morgan fingerprint density at radius 2 is 2.14 bits per heavy atom. The van der Waals surface area contributed by atoms with Crippen LogP contribution in [0.5, 0.6) is 0 Å². The van der Waals surface area contributed by atoms with E-state index in [1.165, 1.54) is 24.2 Å². The molecular formula is C21H25N5OS. The molecule has 0 aliphatic carbocycles. The Morgan fingerprint density at radius 3 is 2.89 bits per heavy atom. The summed E-state index contributed by atoms with van der Waals surface area (Å²) in [4.78, 5) is 27.2. The highest BCUT2D eigenvalue weighted by atomic mass is 32.1. The number of nitrogen functional groups attached to an aromatic ring is 1. The minimum Gasteiger partial charge on any atom is -0.397 e. The summed E-state index contributed by atoms with van der Waals surface area (Å²) >= 11 is 1.39. The zero-order chi connectivity index (χ0) is 19.7. The topological polar surface area (TPSA) is 75.4 Å². The smallest absolute Gasteiger partial charge is 0.265 e. The van der Waals surface area contributed by atoms with Crippen LogP contribution in [0.15, 0.2) is 36.5 Å². The van der Waals surface area contributed by atoms with Gasteiger partial charge < -0.3 is 10.6 Å². The van der Waals surface area contributed by atoms with Gasteiger partial charge in [-0.05, 0) is 43.7 Å². The molecule has 1 saturated heterocycles. The third kappa shape index (κ3) is 3.59. The van der Waals surface area contributed by atoms with Gasteiger partial charge in [-0.2, -0.15) is 0 Å². The number of fused-ring (bicyclic) bond motifs is 1. The van der Waals surface area contributed by atoms with Crippen molar-refractivity contribution in [2.45, 2.75) is 31.8 Å². The SMILES string of the molecule is CN(C)C(=O)c1sc2nc([C@H]3CCCCN3Cc3ccccn3)ccc2c1N. The number of amides is 1. The standard InChI is InChI=1S/C21H25N5OS/c1-25(2)21(27)19-18(22)15-9-10-16(24-20(15)28-19)17-8-4-6-12-26(17)13-14-7-3-5-11-23-14/h3,5,7,9-11,17H,4,6,8,12-13,22H2,1-2H3/t17-/m1/s1. The van der Waals surface area contributed by atoms with E-state index < -0.39 is 0 Å². The molecule has 1 atom stereocenters. The first-order valence-electron chi connectivity index (χ1n) is 9.59. The normalized spacial score (nSPS) is 17.7. The molecule has 0 aromatic carbocycles. The van der Waals surface area contributed by atoms with Crippen LogP contribution in [0.1, 0.15) is 46.4 Å². The van der Waals surface area contributed by atoms with Crippen molar-refractivity contribution in [3.05, 3.63) is 52.8 Å². The Hall–Kier alpha value is -2.51. The van der Waals surface area contributed by atoms with E-state index in [0.29, 0.717) is 10.6 Å². The fraction of sp³-hybridized carbons (Fsp3) is 0.381. The summed E-state index contributed by atoms with van der Waals surface area (Å²) in [5, 5.41) is 0.867. The van der Waals surface area contributed by atoms with Crippen molar-refractivity contribution in [3.63, 3.8) is 0 Å². The fourth-order valence-corrected chi connectivity index (χ4v) is 4.90. The number of hydrogen-bond donors (Lipinski definition) is 1. The van der Waals surface area contributed by atoms with Crippen LogP contribution < -0.4 is 5.73 Å². The lowest BCUT2D eigenvalue weighted by molar-refractivity contribution is 0.0833. The molecule has 7 heteroatoms. The number of carbonyl (C=O) groups excluding carboxylic acids is 1. The second-order valence-electron chi connectivity index (χ2n) is 7.44. The van der Waals surface area contributed by atoms with Gasteiger partial charge in [0.2, 0.25) is 0 Å². The fourth-order valence-electron chi connectivity index (χ4n) is 3.77. The molecule has 6 nitrogen and oxygen atoms in total. The number of piperidine rings is 1. The van der Waals surface area contributed by atoms with E-state index >= 15 is 0 Å². The zero-order valence-corrected chi connectivity index (χ0v) is 17.1. The number of likely N-dealkylation sites (tertiary alicyclic amines) is 1. The summed E-state index contributed by atoms with van der Waals surface area (Å²) in [5.41, 5.74) is 8.90. The van der Waals surface area contributed by atoms with Gasteiger partial charge in [-0.1, -0.05) is 12.5 Å². The maximum Gasteiger partial charge on any atom is 0.265 e. The summed E-state index contributed by atoms with van der Waals surface area (Å²) in [6.07, 6.45) is 5.31. The first-order valence-corrected chi connectivity index (χ1v) is 10.4. The van der Waals surface area contributed by atoms with Crippen molar-refractivity contribution in [2.75, 3.05) is 26.4 Å². The zero-order valence-electron chi connectivity index (χ0n) is 16.3.